The molecule has 1 aliphatic rings. The van der Waals surface area contributed by atoms with E-state index in [-0.39, 0.29) is 11.1 Å². The molecule has 6 nitrogen and oxygen atoms in total. The van der Waals surface area contributed by atoms with E-state index in [0.717, 1.165) is 13.8 Å². The normalized spacial score (nSPS) is 15.6. The molecule has 0 saturated heterocycles. The molecule has 0 radical (unpaired) electrons. The van der Waals surface area contributed by atoms with Gasteiger partial charge in [0.05, 0.1) is 11.1 Å². The third kappa shape index (κ3) is 1.92. The van der Waals surface area contributed by atoms with E-state index in [1.165, 1.54) is 12.1 Å². The van der Waals surface area contributed by atoms with Crippen LogP contribution in [0.2, 0.25) is 0 Å². The number of carbonyl (C=O) groups is 3. The van der Waals surface area contributed by atoms with Crippen LogP contribution in [0.1, 0.15) is 29.8 Å². The van der Waals surface area contributed by atoms with Gasteiger partial charge in [0.2, 0.25) is 0 Å². The number of benzene rings is 1. The molecule has 6 heteroatoms. The van der Waals surface area contributed by atoms with E-state index in [2.05, 4.69) is 0 Å². The lowest BCUT2D eigenvalue weighted by Gasteiger charge is -2.25. The highest BCUT2D eigenvalue weighted by Crippen LogP contribution is 2.38. The Morgan fingerprint density at radius 1 is 1.11 bits per heavy atom. The Morgan fingerprint density at radius 3 is 2.22 bits per heavy atom. The molecule has 94 valence electrons. The van der Waals surface area contributed by atoms with E-state index in [9.17, 15) is 14.4 Å². The quantitative estimate of drug-likeness (QED) is 0.577. The molecule has 0 N–H and O–H groups in total. The van der Waals surface area contributed by atoms with Crippen LogP contribution in [0.3, 0.4) is 0 Å². The van der Waals surface area contributed by atoms with Gasteiger partial charge < -0.3 is 14.2 Å². The van der Waals surface area contributed by atoms with Crippen LogP contribution in [0.25, 0.3) is 0 Å². The van der Waals surface area contributed by atoms with Crippen molar-refractivity contribution in [2.75, 3.05) is 0 Å². The van der Waals surface area contributed by atoms with Crippen molar-refractivity contribution in [2.45, 2.75) is 19.8 Å². The summed E-state index contributed by atoms with van der Waals surface area (Å²) in [6, 6.07) is 6.22. The van der Waals surface area contributed by atoms with Gasteiger partial charge >= 0.3 is 23.9 Å². The smallest absolute Gasteiger partial charge is 0.384 e. The predicted molar refractivity (Wildman–Crippen MR) is 57.1 cm³/mol. The second kappa shape index (κ2) is 4.14. The summed E-state index contributed by atoms with van der Waals surface area (Å²) in [6.07, 6.45) is 0. The maximum Gasteiger partial charge on any atom is 0.454 e. The molecule has 1 heterocycles. The molecule has 0 atom stereocenters. The van der Waals surface area contributed by atoms with E-state index in [1.807, 2.05) is 0 Å². The number of ether oxygens (including phenoxy) is 3. The molecule has 2 rings (SSSR count). The molecule has 0 fully saturated rings. The van der Waals surface area contributed by atoms with E-state index < -0.39 is 23.9 Å². The Hall–Kier alpha value is -2.37. The molecule has 1 aliphatic heterocycles. The molecular weight excluding hydrogens is 240 g/mol. The first-order chi connectivity index (χ1) is 8.44. The molecule has 0 spiro atoms. The lowest BCUT2D eigenvalue weighted by atomic mass is 10.1. The van der Waals surface area contributed by atoms with Gasteiger partial charge in [-0.1, -0.05) is 12.1 Å². The van der Waals surface area contributed by atoms with Gasteiger partial charge in [0.1, 0.15) is 0 Å². The number of cyclic esters (lactones) is 1. The first kappa shape index (κ1) is 12.1. The van der Waals surface area contributed by atoms with E-state index >= 15 is 0 Å². The highest BCUT2D eigenvalue weighted by Gasteiger charge is 2.52. The fourth-order valence-electron chi connectivity index (χ4n) is 1.71. The zero-order valence-electron chi connectivity index (χ0n) is 9.76. The van der Waals surface area contributed by atoms with E-state index in [1.54, 1.807) is 12.1 Å². The minimum Gasteiger partial charge on any atom is -0.384 e. The summed E-state index contributed by atoms with van der Waals surface area (Å²) < 4.78 is 14.7. The number of esters is 3. The molecule has 1 aromatic carbocycles. The summed E-state index contributed by atoms with van der Waals surface area (Å²) in [5.74, 6) is -4.29. The molecule has 0 saturated carbocycles. The predicted octanol–water partition coefficient (Wildman–Crippen LogP) is 1.09. The summed E-state index contributed by atoms with van der Waals surface area (Å²) in [7, 11) is 0. The first-order valence-corrected chi connectivity index (χ1v) is 5.16. The summed E-state index contributed by atoms with van der Waals surface area (Å²) in [5.41, 5.74) is 0.389. The van der Waals surface area contributed by atoms with Gasteiger partial charge in [0.25, 0.3) is 0 Å². The Labute approximate surface area is 102 Å². The highest BCUT2D eigenvalue weighted by atomic mass is 16.9. The van der Waals surface area contributed by atoms with Crippen molar-refractivity contribution in [2.24, 2.45) is 0 Å². The molecular formula is C12H10O6. The molecule has 0 aliphatic carbocycles. The zero-order chi connectivity index (χ0) is 13.3. The number of hydrogen-bond donors (Lipinski definition) is 0. The zero-order valence-corrected chi connectivity index (χ0v) is 9.76. The third-order valence-corrected chi connectivity index (χ3v) is 2.26. The van der Waals surface area contributed by atoms with Crippen molar-refractivity contribution in [3.05, 3.63) is 35.4 Å². The molecule has 0 bridgehead atoms. The topological polar surface area (TPSA) is 78.9 Å². The Kier molecular flexibility index (Phi) is 2.78. The number of hydrogen-bond acceptors (Lipinski definition) is 6. The van der Waals surface area contributed by atoms with Crippen LogP contribution in [0, 0.1) is 0 Å². The number of rotatable bonds is 2. The second-order valence-corrected chi connectivity index (χ2v) is 3.68. The Bertz CT molecular complexity index is 512. The maximum absolute atomic E-state index is 11.6. The average Bonchev–Trinajstić information content (AvgIpc) is 2.51. The minimum absolute atomic E-state index is 0.194. The van der Waals surface area contributed by atoms with Gasteiger partial charge in [-0.3, -0.25) is 9.59 Å². The van der Waals surface area contributed by atoms with Crippen LogP contribution in [-0.4, -0.2) is 17.9 Å². The summed E-state index contributed by atoms with van der Waals surface area (Å²) in [6.45, 7) is 2.25. The molecule has 0 aromatic heterocycles. The van der Waals surface area contributed by atoms with Gasteiger partial charge in [0.15, 0.2) is 0 Å². The minimum atomic E-state index is -2.11. The molecule has 1 aromatic rings. The number of fused-ring (bicyclic) bond motifs is 1. The van der Waals surface area contributed by atoms with Crippen LogP contribution < -0.4 is 0 Å². The van der Waals surface area contributed by atoms with Crippen LogP contribution in [-0.2, 0) is 29.8 Å². The molecule has 0 amide bonds. The average molecular weight is 250 g/mol. The number of carbonyl (C=O) groups excluding carboxylic acids is 3. The summed E-state index contributed by atoms with van der Waals surface area (Å²) in [5, 5.41) is 0. The lowest BCUT2D eigenvalue weighted by molar-refractivity contribution is -0.324. The third-order valence-electron chi connectivity index (χ3n) is 2.26. The second-order valence-electron chi connectivity index (χ2n) is 3.68. The monoisotopic (exact) mass is 250 g/mol. The van der Waals surface area contributed by atoms with Crippen LogP contribution >= 0.6 is 0 Å². The first-order valence-electron chi connectivity index (χ1n) is 5.16. The van der Waals surface area contributed by atoms with Gasteiger partial charge in [-0.05, 0) is 12.1 Å². The van der Waals surface area contributed by atoms with Crippen LogP contribution in [0.4, 0.5) is 0 Å². The standard InChI is InChI=1S/C12H10O6/c1-7(13)16-12(17-8(2)14)10-6-4-3-5-9(10)11(15)18-12/h3-6H,1-2H3. The van der Waals surface area contributed by atoms with E-state index in [4.69, 9.17) is 14.2 Å². The van der Waals surface area contributed by atoms with Crippen molar-refractivity contribution in [1.82, 2.24) is 0 Å². The van der Waals surface area contributed by atoms with Gasteiger partial charge in [-0.15, -0.1) is 0 Å². The van der Waals surface area contributed by atoms with Crippen molar-refractivity contribution in [3.8, 4) is 0 Å². The summed E-state index contributed by atoms with van der Waals surface area (Å²) in [4.78, 5) is 33.8. The van der Waals surface area contributed by atoms with Gasteiger partial charge in [-0.25, -0.2) is 4.79 Å². The fraction of sp³-hybridized carbons (Fsp3) is 0.250. The molecule has 18 heavy (non-hydrogen) atoms. The van der Waals surface area contributed by atoms with Crippen LogP contribution in [0.15, 0.2) is 24.3 Å². The van der Waals surface area contributed by atoms with Crippen molar-refractivity contribution >= 4 is 17.9 Å². The largest absolute Gasteiger partial charge is 0.454 e. The maximum atomic E-state index is 11.6. The van der Waals surface area contributed by atoms with Crippen LogP contribution in [0.5, 0.6) is 0 Å². The highest BCUT2D eigenvalue weighted by molar-refractivity contribution is 5.94. The Morgan fingerprint density at radius 2 is 1.67 bits per heavy atom. The fourth-order valence-corrected chi connectivity index (χ4v) is 1.71. The Balaban J connectivity index is 2.52. The van der Waals surface area contributed by atoms with Crippen molar-refractivity contribution in [3.63, 3.8) is 0 Å². The summed E-state index contributed by atoms with van der Waals surface area (Å²) >= 11 is 0. The van der Waals surface area contributed by atoms with Gasteiger partial charge in [0, 0.05) is 13.8 Å². The molecule has 0 unspecified atom stereocenters. The van der Waals surface area contributed by atoms with E-state index in [0.29, 0.717) is 0 Å². The van der Waals surface area contributed by atoms with Gasteiger partial charge in [-0.2, -0.15) is 0 Å². The van der Waals surface area contributed by atoms with Crippen molar-refractivity contribution in [1.29, 1.82) is 0 Å². The lowest BCUT2D eigenvalue weighted by Crippen LogP contribution is -2.36. The van der Waals surface area contributed by atoms with Crippen molar-refractivity contribution < 1.29 is 28.6 Å². The SMILES string of the molecule is CC(=O)OC1(OC(C)=O)OC(=O)c2ccccc21.